The summed E-state index contributed by atoms with van der Waals surface area (Å²) in [4.78, 5) is 24.0. The van der Waals surface area contributed by atoms with E-state index in [1.165, 1.54) is 11.1 Å². The molecule has 0 aliphatic carbocycles. The predicted molar refractivity (Wildman–Crippen MR) is 160 cm³/mol. The van der Waals surface area contributed by atoms with Crippen LogP contribution in [0, 0.1) is 5.92 Å². The van der Waals surface area contributed by atoms with Gasteiger partial charge in [-0.05, 0) is 36.8 Å². The van der Waals surface area contributed by atoms with Crippen LogP contribution in [-0.2, 0) is 41.8 Å². The fraction of sp³-hybridized carbons (Fsp3) is 0.588. The first-order valence-electron chi connectivity index (χ1n) is 15.3. The summed E-state index contributed by atoms with van der Waals surface area (Å²) in [5.74, 6) is -0.937. The van der Waals surface area contributed by atoms with Crippen LogP contribution in [0.4, 0.5) is 0 Å². The van der Waals surface area contributed by atoms with E-state index < -0.39 is 5.92 Å². The van der Waals surface area contributed by atoms with E-state index in [4.69, 9.17) is 18.9 Å². The van der Waals surface area contributed by atoms with Crippen LogP contribution in [0.1, 0.15) is 88.2 Å². The maximum atomic E-state index is 12.0. The summed E-state index contributed by atoms with van der Waals surface area (Å²) >= 11 is 0. The van der Waals surface area contributed by atoms with Crippen molar-refractivity contribution in [3.63, 3.8) is 0 Å². The number of rotatable bonds is 25. The Bertz CT molecular complexity index is 830. The van der Waals surface area contributed by atoms with Crippen LogP contribution < -0.4 is 0 Å². The second-order valence-corrected chi connectivity index (χ2v) is 10.5. The van der Waals surface area contributed by atoms with E-state index >= 15 is 0 Å². The first-order valence-corrected chi connectivity index (χ1v) is 15.3. The van der Waals surface area contributed by atoms with Crippen LogP contribution in [0.25, 0.3) is 0 Å². The first-order chi connectivity index (χ1) is 20.2. The number of hydrogen-bond donors (Lipinski definition) is 1. The molecule has 0 saturated heterocycles. The van der Waals surface area contributed by atoms with E-state index in [1.54, 1.807) is 0 Å². The van der Waals surface area contributed by atoms with E-state index in [0.29, 0.717) is 26.1 Å². The number of hydrogen-bond acceptors (Lipinski definition) is 7. The second-order valence-electron chi connectivity index (χ2n) is 10.5. The van der Waals surface area contributed by atoms with Gasteiger partial charge in [-0.1, -0.05) is 99.2 Å². The van der Waals surface area contributed by atoms with Crippen molar-refractivity contribution >= 4 is 11.9 Å². The zero-order chi connectivity index (χ0) is 29.2. The normalized spacial score (nSPS) is 11.1. The van der Waals surface area contributed by atoms with Gasteiger partial charge < -0.3 is 24.1 Å². The summed E-state index contributed by atoms with van der Waals surface area (Å²) in [5.41, 5.74) is 2.37. The van der Waals surface area contributed by atoms with E-state index in [0.717, 1.165) is 77.4 Å². The molecular formula is C34H50O7. The smallest absolute Gasteiger partial charge is 0.305 e. The third kappa shape index (κ3) is 19.1. The number of carbonyl (C=O) groups is 2. The van der Waals surface area contributed by atoms with Crippen molar-refractivity contribution in [2.45, 2.75) is 90.3 Å². The summed E-state index contributed by atoms with van der Waals surface area (Å²) in [6.45, 7) is 2.72. The van der Waals surface area contributed by atoms with Gasteiger partial charge in [0.1, 0.15) is 0 Å². The zero-order valence-electron chi connectivity index (χ0n) is 24.7. The molecule has 0 unspecified atom stereocenters. The molecule has 0 fully saturated rings. The van der Waals surface area contributed by atoms with E-state index in [-0.39, 0.29) is 31.8 Å². The minimum atomic E-state index is -0.394. The molecule has 2 aromatic rings. The van der Waals surface area contributed by atoms with Gasteiger partial charge in [-0.2, -0.15) is 0 Å². The maximum Gasteiger partial charge on any atom is 0.305 e. The Morgan fingerprint density at radius 2 is 0.951 bits per heavy atom. The molecule has 0 saturated carbocycles. The molecule has 0 aromatic heterocycles. The molecule has 2 rings (SSSR count). The number of aliphatic hydroxyl groups excluding tert-OH is 1. The topological polar surface area (TPSA) is 91.3 Å². The zero-order valence-corrected chi connectivity index (χ0v) is 24.7. The lowest BCUT2D eigenvalue weighted by Gasteiger charge is -2.15. The summed E-state index contributed by atoms with van der Waals surface area (Å²) < 4.78 is 22.0. The first kappa shape index (κ1) is 34.5. The minimum Gasteiger partial charge on any atom is -0.465 e. The van der Waals surface area contributed by atoms with Gasteiger partial charge in [0, 0.05) is 26.1 Å². The Labute approximate surface area is 246 Å². The molecule has 0 aliphatic heterocycles. The quantitative estimate of drug-likeness (QED) is 0.104. The summed E-state index contributed by atoms with van der Waals surface area (Å²) in [7, 11) is 0. The number of aliphatic hydroxyl groups is 1. The van der Waals surface area contributed by atoms with Gasteiger partial charge in [-0.25, -0.2) is 0 Å². The van der Waals surface area contributed by atoms with Gasteiger partial charge in [0.05, 0.1) is 39.0 Å². The van der Waals surface area contributed by atoms with Gasteiger partial charge in [0.2, 0.25) is 0 Å². The van der Waals surface area contributed by atoms with Gasteiger partial charge in [0.25, 0.3) is 0 Å². The number of esters is 2. The van der Waals surface area contributed by atoms with Crippen molar-refractivity contribution < 1.29 is 33.6 Å². The van der Waals surface area contributed by atoms with Crippen LogP contribution in [0.2, 0.25) is 0 Å². The molecule has 0 aliphatic rings. The Hall–Kier alpha value is -2.74. The average Bonchev–Trinajstić information content (AvgIpc) is 3.00. The molecule has 1 N–H and O–H groups in total. The molecule has 7 nitrogen and oxygen atoms in total. The third-order valence-corrected chi connectivity index (χ3v) is 6.78. The van der Waals surface area contributed by atoms with Crippen molar-refractivity contribution in [1.82, 2.24) is 0 Å². The molecule has 0 radical (unpaired) electrons. The summed E-state index contributed by atoms with van der Waals surface area (Å²) in [5, 5.41) is 9.55. The lowest BCUT2D eigenvalue weighted by molar-refractivity contribution is -0.149. The standard InChI is InChI=1S/C34H50O7/c35-25-32(28-40-33(36)21-13-3-1-5-15-23-38-26-30-17-9-7-10-18-30)29-41-34(37)22-14-4-2-6-16-24-39-27-31-19-11-8-12-20-31/h7-12,17-20,32,35H,1-6,13-16,21-29H2. The van der Waals surface area contributed by atoms with Crippen molar-refractivity contribution in [3.8, 4) is 0 Å². The van der Waals surface area contributed by atoms with Crippen LogP contribution in [-0.4, -0.2) is 50.1 Å². The molecule has 7 heteroatoms. The molecule has 0 spiro atoms. The van der Waals surface area contributed by atoms with Gasteiger partial charge in [-0.15, -0.1) is 0 Å². The van der Waals surface area contributed by atoms with Crippen molar-refractivity contribution in [1.29, 1.82) is 0 Å². The Morgan fingerprint density at radius 1 is 0.561 bits per heavy atom. The van der Waals surface area contributed by atoms with Crippen LogP contribution >= 0.6 is 0 Å². The highest BCUT2D eigenvalue weighted by atomic mass is 16.5. The number of unbranched alkanes of at least 4 members (excludes halogenated alkanes) is 8. The maximum absolute atomic E-state index is 12.0. The predicted octanol–water partition coefficient (Wildman–Crippen LogP) is 6.80. The average molecular weight is 571 g/mol. The third-order valence-electron chi connectivity index (χ3n) is 6.78. The lowest BCUT2D eigenvalue weighted by Crippen LogP contribution is -2.23. The van der Waals surface area contributed by atoms with Crippen molar-refractivity contribution in [3.05, 3.63) is 71.8 Å². The Balaban J connectivity index is 1.35. The van der Waals surface area contributed by atoms with Crippen molar-refractivity contribution in [2.75, 3.05) is 33.0 Å². The minimum absolute atomic E-state index is 0.0632. The van der Waals surface area contributed by atoms with Crippen LogP contribution in [0.15, 0.2) is 60.7 Å². The molecule has 0 atom stereocenters. The van der Waals surface area contributed by atoms with Gasteiger partial charge in [-0.3, -0.25) is 9.59 Å². The number of ether oxygens (including phenoxy) is 4. The Morgan fingerprint density at radius 3 is 1.37 bits per heavy atom. The van der Waals surface area contributed by atoms with Crippen LogP contribution in [0.5, 0.6) is 0 Å². The van der Waals surface area contributed by atoms with Gasteiger partial charge in [0.15, 0.2) is 0 Å². The monoisotopic (exact) mass is 570 g/mol. The van der Waals surface area contributed by atoms with E-state index in [2.05, 4.69) is 24.3 Å². The van der Waals surface area contributed by atoms with Crippen LogP contribution in [0.3, 0.4) is 0 Å². The SMILES string of the molecule is O=C(CCCCCCCOCc1ccccc1)OCC(CO)COC(=O)CCCCCCCOCc1ccccc1. The van der Waals surface area contributed by atoms with Gasteiger partial charge >= 0.3 is 11.9 Å². The highest BCUT2D eigenvalue weighted by molar-refractivity contribution is 5.69. The second kappa shape index (κ2) is 23.9. The molecular weight excluding hydrogens is 520 g/mol. The molecule has 0 heterocycles. The Kier molecular flexibility index (Phi) is 20.1. The van der Waals surface area contributed by atoms with E-state index in [9.17, 15) is 14.7 Å². The fourth-order valence-corrected chi connectivity index (χ4v) is 4.26. The summed E-state index contributed by atoms with van der Waals surface area (Å²) in [6.07, 6.45) is 10.5. The molecule has 0 bridgehead atoms. The highest BCUT2D eigenvalue weighted by Gasteiger charge is 2.14. The number of benzene rings is 2. The largest absolute Gasteiger partial charge is 0.465 e. The molecule has 228 valence electrons. The lowest BCUT2D eigenvalue weighted by atomic mass is 10.1. The molecule has 2 aromatic carbocycles. The molecule has 0 amide bonds. The van der Waals surface area contributed by atoms with Crippen molar-refractivity contribution in [2.24, 2.45) is 5.92 Å². The highest BCUT2D eigenvalue weighted by Crippen LogP contribution is 2.10. The number of carbonyl (C=O) groups excluding carboxylic acids is 2. The fourth-order valence-electron chi connectivity index (χ4n) is 4.26. The van der Waals surface area contributed by atoms with E-state index in [1.807, 2.05) is 36.4 Å². The summed E-state index contributed by atoms with van der Waals surface area (Å²) in [6, 6.07) is 20.3. The molecule has 41 heavy (non-hydrogen) atoms.